The van der Waals surface area contributed by atoms with Crippen LogP contribution in [0.2, 0.25) is 0 Å². The molecule has 0 heterocycles. The second-order valence-electron chi connectivity index (χ2n) is 5.63. The molecule has 1 aliphatic carbocycles. The molecule has 0 bridgehead atoms. The molecule has 0 aromatic heterocycles. The van der Waals surface area contributed by atoms with Crippen LogP contribution in [-0.2, 0) is 11.3 Å². The van der Waals surface area contributed by atoms with Crippen LogP contribution in [0.4, 0.5) is 0 Å². The van der Waals surface area contributed by atoms with Crippen molar-refractivity contribution in [3.63, 3.8) is 0 Å². The van der Waals surface area contributed by atoms with Crippen molar-refractivity contribution in [1.82, 2.24) is 4.90 Å². The fourth-order valence-corrected chi connectivity index (χ4v) is 2.44. The Bertz CT molecular complexity index is 429. The molecular weight excluding hydrogens is 250 g/mol. The zero-order chi connectivity index (χ0) is 14.4. The lowest BCUT2D eigenvalue weighted by atomic mass is 10.1. The van der Waals surface area contributed by atoms with Gasteiger partial charge in [-0.15, -0.1) is 6.58 Å². The molecule has 1 N–H and O–H groups in total. The van der Waals surface area contributed by atoms with Crippen LogP contribution in [0.25, 0.3) is 0 Å². The van der Waals surface area contributed by atoms with Gasteiger partial charge in [0.25, 0.3) is 0 Å². The predicted molar refractivity (Wildman–Crippen MR) is 81.6 cm³/mol. The highest BCUT2D eigenvalue weighted by atomic mass is 16.5. The molecule has 1 fully saturated rings. The van der Waals surface area contributed by atoms with Crippen molar-refractivity contribution in [1.29, 1.82) is 0 Å². The first-order chi connectivity index (χ1) is 9.69. The van der Waals surface area contributed by atoms with Crippen LogP contribution in [0.15, 0.2) is 36.9 Å². The Morgan fingerprint density at radius 3 is 2.95 bits per heavy atom. The Balaban J connectivity index is 1.85. The zero-order valence-electron chi connectivity index (χ0n) is 12.3. The lowest BCUT2D eigenvalue weighted by molar-refractivity contribution is 0.0227. The van der Waals surface area contributed by atoms with Crippen LogP contribution in [0, 0.1) is 6.92 Å². The third-order valence-electron chi connectivity index (χ3n) is 3.52. The summed E-state index contributed by atoms with van der Waals surface area (Å²) in [5.41, 5.74) is 2.60. The van der Waals surface area contributed by atoms with Crippen LogP contribution in [-0.4, -0.2) is 41.9 Å². The number of rotatable bonds is 9. The highest BCUT2D eigenvalue weighted by Crippen LogP contribution is 2.28. The fraction of sp³-hybridized carbons (Fsp3) is 0.529. The molecule has 1 aliphatic rings. The van der Waals surface area contributed by atoms with E-state index in [1.54, 1.807) is 6.08 Å². The maximum atomic E-state index is 10.1. The van der Waals surface area contributed by atoms with Crippen molar-refractivity contribution in [3.8, 4) is 0 Å². The lowest BCUT2D eigenvalue weighted by Crippen LogP contribution is -2.36. The van der Waals surface area contributed by atoms with Gasteiger partial charge in [-0.2, -0.15) is 0 Å². The van der Waals surface area contributed by atoms with Gasteiger partial charge in [0.15, 0.2) is 0 Å². The number of hydrogen-bond donors (Lipinski definition) is 1. The van der Waals surface area contributed by atoms with E-state index in [4.69, 9.17) is 4.74 Å². The van der Waals surface area contributed by atoms with E-state index in [2.05, 4.69) is 42.7 Å². The summed E-state index contributed by atoms with van der Waals surface area (Å²) in [6, 6.07) is 9.21. The van der Waals surface area contributed by atoms with Crippen LogP contribution < -0.4 is 0 Å². The molecule has 1 aromatic carbocycles. The Morgan fingerprint density at radius 2 is 2.30 bits per heavy atom. The van der Waals surface area contributed by atoms with Crippen molar-refractivity contribution in [3.05, 3.63) is 48.0 Å². The third-order valence-corrected chi connectivity index (χ3v) is 3.52. The smallest absolute Gasteiger partial charge is 0.0900 e. The van der Waals surface area contributed by atoms with Crippen molar-refractivity contribution in [2.75, 3.05) is 19.8 Å². The molecule has 1 unspecified atom stereocenters. The first kappa shape index (κ1) is 15.2. The minimum atomic E-state index is -0.430. The Hall–Kier alpha value is -1.16. The molecule has 1 aromatic rings. The van der Waals surface area contributed by atoms with Gasteiger partial charge >= 0.3 is 0 Å². The summed E-state index contributed by atoms with van der Waals surface area (Å²) >= 11 is 0. The molecule has 2 rings (SSSR count). The van der Waals surface area contributed by atoms with E-state index >= 15 is 0 Å². The summed E-state index contributed by atoms with van der Waals surface area (Å²) < 4.78 is 5.32. The topological polar surface area (TPSA) is 32.7 Å². The van der Waals surface area contributed by atoms with E-state index < -0.39 is 6.10 Å². The minimum Gasteiger partial charge on any atom is -0.389 e. The van der Waals surface area contributed by atoms with Gasteiger partial charge in [-0.3, -0.25) is 4.90 Å². The van der Waals surface area contributed by atoms with Crippen LogP contribution in [0.3, 0.4) is 0 Å². The standard InChI is InChI=1S/C17H25NO2/c1-3-9-20-13-17(19)12-18(16-7-8-16)11-15-6-4-5-14(2)10-15/h3-6,10,16-17,19H,1,7-9,11-13H2,2H3. The molecule has 0 saturated heterocycles. The normalized spacial score (nSPS) is 16.4. The summed E-state index contributed by atoms with van der Waals surface area (Å²) in [5, 5.41) is 10.1. The summed E-state index contributed by atoms with van der Waals surface area (Å²) in [6.07, 6.45) is 3.76. The number of ether oxygens (including phenoxy) is 1. The minimum absolute atomic E-state index is 0.378. The Morgan fingerprint density at radius 1 is 1.50 bits per heavy atom. The quantitative estimate of drug-likeness (QED) is 0.555. The van der Waals surface area contributed by atoms with Gasteiger partial charge in [-0.05, 0) is 25.3 Å². The van der Waals surface area contributed by atoms with Gasteiger partial charge in [0.1, 0.15) is 0 Å². The van der Waals surface area contributed by atoms with Crippen LogP contribution in [0.5, 0.6) is 0 Å². The zero-order valence-corrected chi connectivity index (χ0v) is 12.3. The van der Waals surface area contributed by atoms with E-state index in [1.165, 1.54) is 24.0 Å². The number of nitrogens with zero attached hydrogens (tertiary/aromatic N) is 1. The van der Waals surface area contributed by atoms with E-state index in [0.717, 1.165) is 6.54 Å². The van der Waals surface area contributed by atoms with E-state index in [-0.39, 0.29) is 0 Å². The summed E-state index contributed by atoms with van der Waals surface area (Å²) in [5.74, 6) is 0. The van der Waals surface area contributed by atoms with E-state index in [0.29, 0.717) is 25.8 Å². The molecule has 3 heteroatoms. The Kier molecular flexibility index (Phi) is 5.77. The SMILES string of the molecule is C=CCOCC(O)CN(Cc1cccc(C)c1)C1CC1. The second kappa shape index (κ2) is 7.58. The molecule has 1 atom stereocenters. The van der Waals surface area contributed by atoms with Crippen molar-refractivity contribution in [2.24, 2.45) is 0 Å². The van der Waals surface area contributed by atoms with Gasteiger partial charge in [0.2, 0.25) is 0 Å². The molecule has 0 amide bonds. The number of aliphatic hydroxyl groups excluding tert-OH is 1. The maximum absolute atomic E-state index is 10.1. The monoisotopic (exact) mass is 275 g/mol. The first-order valence-corrected chi connectivity index (χ1v) is 7.35. The molecular formula is C17H25NO2. The average molecular weight is 275 g/mol. The van der Waals surface area contributed by atoms with E-state index in [9.17, 15) is 5.11 Å². The van der Waals surface area contributed by atoms with Gasteiger partial charge in [-0.1, -0.05) is 35.9 Å². The van der Waals surface area contributed by atoms with Crippen molar-refractivity contribution >= 4 is 0 Å². The predicted octanol–water partition coefficient (Wildman–Crippen LogP) is 2.52. The molecule has 0 radical (unpaired) electrons. The van der Waals surface area contributed by atoms with Crippen LogP contribution >= 0.6 is 0 Å². The maximum Gasteiger partial charge on any atom is 0.0900 e. The number of hydrogen-bond acceptors (Lipinski definition) is 3. The second-order valence-corrected chi connectivity index (χ2v) is 5.63. The first-order valence-electron chi connectivity index (χ1n) is 7.35. The molecule has 0 spiro atoms. The third kappa shape index (κ3) is 5.08. The summed E-state index contributed by atoms with van der Waals surface area (Å²) in [6.45, 7) is 8.18. The van der Waals surface area contributed by atoms with Gasteiger partial charge in [0, 0.05) is 19.1 Å². The molecule has 1 saturated carbocycles. The highest BCUT2D eigenvalue weighted by Gasteiger charge is 2.30. The average Bonchev–Trinajstić information content (AvgIpc) is 3.22. The summed E-state index contributed by atoms with van der Waals surface area (Å²) in [4.78, 5) is 2.37. The fourth-order valence-electron chi connectivity index (χ4n) is 2.44. The van der Waals surface area contributed by atoms with Crippen LogP contribution in [0.1, 0.15) is 24.0 Å². The molecule has 3 nitrogen and oxygen atoms in total. The van der Waals surface area contributed by atoms with E-state index in [1.807, 2.05) is 0 Å². The summed E-state index contributed by atoms with van der Waals surface area (Å²) in [7, 11) is 0. The lowest BCUT2D eigenvalue weighted by Gasteiger charge is -2.25. The number of aryl methyl sites for hydroxylation is 1. The van der Waals surface area contributed by atoms with Crippen molar-refractivity contribution < 1.29 is 9.84 Å². The van der Waals surface area contributed by atoms with Gasteiger partial charge in [0.05, 0.1) is 19.3 Å². The molecule has 0 aliphatic heterocycles. The van der Waals surface area contributed by atoms with Crippen molar-refractivity contribution in [2.45, 2.75) is 38.5 Å². The number of aliphatic hydroxyl groups is 1. The number of benzene rings is 1. The van der Waals surface area contributed by atoms with Gasteiger partial charge in [-0.25, -0.2) is 0 Å². The molecule has 20 heavy (non-hydrogen) atoms. The van der Waals surface area contributed by atoms with Gasteiger partial charge < -0.3 is 9.84 Å². The highest BCUT2D eigenvalue weighted by molar-refractivity contribution is 5.22. The molecule has 110 valence electrons. The largest absolute Gasteiger partial charge is 0.389 e. The Labute approximate surface area is 121 Å².